The van der Waals surface area contributed by atoms with Gasteiger partial charge in [0, 0.05) is 32.1 Å². The van der Waals surface area contributed by atoms with Crippen LogP contribution >= 0.6 is 0 Å². The summed E-state index contributed by atoms with van der Waals surface area (Å²) in [7, 11) is 2.12. The number of rotatable bonds is 4. The molecular weight excluding hydrogens is 250 g/mol. The predicted octanol–water partition coefficient (Wildman–Crippen LogP) is 1.61. The first kappa shape index (κ1) is 13.4. The number of anilines is 2. The number of para-hydroxylation sites is 1. The molecule has 0 spiro atoms. The topological polar surface area (TPSA) is 35.6 Å². The van der Waals surface area contributed by atoms with Gasteiger partial charge in [0.15, 0.2) is 0 Å². The summed E-state index contributed by atoms with van der Waals surface area (Å²) in [5, 5.41) is 3.49. The SMILES string of the molecule is CCN(C)c1cccc2c1N(CC=O)C1CCNCC21. The average Bonchev–Trinajstić information content (AvgIpc) is 2.82. The summed E-state index contributed by atoms with van der Waals surface area (Å²) in [6, 6.07) is 7.03. The Morgan fingerprint density at radius 1 is 1.50 bits per heavy atom. The number of fused-ring (bicyclic) bond motifs is 3. The minimum absolute atomic E-state index is 0.475. The molecule has 3 rings (SSSR count). The highest BCUT2D eigenvalue weighted by Gasteiger charge is 2.41. The quantitative estimate of drug-likeness (QED) is 0.845. The van der Waals surface area contributed by atoms with Crippen molar-refractivity contribution in [3.63, 3.8) is 0 Å². The van der Waals surface area contributed by atoms with Crippen molar-refractivity contribution in [3.05, 3.63) is 23.8 Å². The van der Waals surface area contributed by atoms with E-state index >= 15 is 0 Å². The second-order valence-electron chi connectivity index (χ2n) is 5.71. The van der Waals surface area contributed by atoms with Gasteiger partial charge in [-0.1, -0.05) is 12.1 Å². The molecule has 2 unspecified atom stereocenters. The maximum Gasteiger partial charge on any atom is 0.139 e. The largest absolute Gasteiger partial charge is 0.373 e. The average molecular weight is 273 g/mol. The van der Waals surface area contributed by atoms with Gasteiger partial charge in [0.05, 0.1) is 17.9 Å². The highest BCUT2D eigenvalue weighted by Crippen LogP contribution is 2.47. The van der Waals surface area contributed by atoms with Crippen LogP contribution in [0.2, 0.25) is 0 Å². The summed E-state index contributed by atoms with van der Waals surface area (Å²) in [6.07, 6.45) is 2.15. The molecule has 0 bridgehead atoms. The third-order valence-electron chi connectivity index (χ3n) is 4.74. The monoisotopic (exact) mass is 273 g/mol. The highest BCUT2D eigenvalue weighted by atomic mass is 16.1. The number of hydrogen-bond donors (Lipinski definition) is 1. The highest BCUT2D eigenvalue weighted by molar-refractivity contribution is 5.81. The molecule has 20 heavy (non-hydrogen) atoms. The maximum atomic E-state index is 11.1. The Morgan fingerprint density at radius 3 is 3.10 bits per heavy atom. The van der Waals surface area contributed by atoms with Crippen molar-refractivity contribution in [2.45, 2.75) is 25.3 Å². The maximum absolute atomic E-state index is 11.1. The van der Waals surface area contributed by atoms with Crippen molar-refractivity contribution < 1.29 is 4.79 Å². The summed E-state index contributed by atoms with van der Waals surface area (Å²) < 4.78 is 0. The molecule has 0 aliphatic carbocycles. The molecule has 0 radical (unpaired) electrons. The molecule has 1 N–H and O–H groups in total. The molecule has 0 aromatic heterocycles. The van der Waals surface area contributed by atoms with Gasteiger partial charge in [0.25, 0.3) is 0 Å². The second-order valence-corrected chi connectivity index (χ2v) is 5.71. The van der Waals surface area contributed by atoms with E-state index in [1.807, 2.05) is 0 Å². The van der Waals surface area contributed by atoms with Crippen molar-refractivity contribution in [2.75, 3.05) is 43.0 Å². The standard InChI is InChI=1S/C16H23N3O/c1-3-18(2)15-6-4-5-12-13-11-17-8-7-14(13)19(9-10-20)16(12)15/h4-6,10,13-14,17H,3,7-9,11H2,1-2H3. The number of nitrogens with zero attached hydrogens (tertiary/aromatic N) is 2. The lowest BCUT2D eigenvalue weighted by atomic mass is 9.90. The van der Waals surface area contributed by atoms with Crippen LogP contribution in [0.3, 0.4) is 0 Å². The van der Waals surface area contributed by atoms with Crippen LogP contribution in [-0.4, -0.2) is 45.6 Å². The zero-order valence-electron chi connectivity index (χ0n) is 12.3. The molecule has 1 aromatic rings. The van der Waals surface area contributed by atoms with Crippen LogP contribution in [0.5, 0.6) is 0 Å². The van der Waals surface area contributed by atoms with E-state index in [4.69, 9.17) is 0 Å². The minimum Gasteiger partial charge on any atom is -0.373 e. The van der Waals surface area contributed by atoms with Crippen molar-refractivity contribution >= 4 is 17.7 Å². The van der Waals surface area contributed by atoms with Gasteiger partial charge in [0.2, 0.25) is 0 Å². The Morgan fingerprint density at radius 2 is 2.35 bits per heavy atom. The Kier molecular flexibility index (Phi) is 3.66. The molecular formula is C16H23N3O. The van der Waals surface area contributed by atoms with Crippen LogP contribution in [0.1, 0.15) is 24.8 Å². The van der Waals surface area contributed by atoms with Crippen molar-refractivity contribution in [2.24, 2.45) is 0 Å². The summed E-state index contributed by atoms with van der Waals surface area (Å²) in [5.74, 6) is 0.518. The number of aldehydes is 1. The van der Waals surface area contributed by atoms with Gasteiger partial charge in [-0.25, -0.2) is 0 Å². The molecule has 2 aliphatic heterocycles. The fraction of sp³-hybridized carbons (Fsp3) is 0.562. The first-order chi connectivity index (χ1) is 9.77. The lowest BCUT2D eigenvalue weighted by Gasteiger charge is -2.33. The molecule has 2 heterocycles. The summed E-state index contributed by atoms with van der Waals surface area (Å²) in [6.45, 7) is 5.70. The number of nitrogens with one attached hydrogen (secondary N) is 1. The molecule has 108 valence electrons. The van der Waals surface area contributed by atoms with Crippen LogP contribution in [-0.2, 0) is 4.79 Å². The number of piperidine rings is 1. The third kappa shape index (κ3) is 1.99. The van der Waals surface area contributed by atoms with Gasteiger partial charge in [-0.15, -0.1) is 0 Å². The van der Waals surface area contributed by atoms with Gasteiger partial charge < -0.3 is 19.9 Å². The van der Waals surface area contributed by atoms with Crippen molar-refractivity contribution in [1.29, 1.82) is 0 Å². The lowest BCUT2D eigenvalue weighted by Crippen LogP contribution is -2.44. The van der Waals surface area contributed by atoms with Gasteiger partial charge in [-0.2, -0.15) is 0 Å². The number of carbonyl (C=O) groups is 1. The first-order valence-corrected chi connectivity index (χ1v) is 7.53. The van der Waals surface area contributed by atoms with Gasteiger partial charge >= 0.3 is 0 Å². The van der Waals surface area contributed by atoms with E-state index in [-0.39, 0.29) is 0 Å². The molecule has 0 saturated carbocycles. The normalized spacial score (nSPS) is 24.2. The smallest absolute Gasteiger partial charge is 0.139 e. The van der Waals surface area contributed by atoms with E-state index in [9.17, 15) is 4.79 Å². The third-order valence-corrected chi connectivity index (χ3v) is 4.74. The molecule has 1 saturated heterocycles. The Balaban J connectivity index is 2.09. The number of hydrogen-bond acceptors (Lipinski definition) is 4. The van der Waals surface area contributed by atoms with Crippen LogP contribution in [0.4, 0.5) is 11.4 Å². The van der Waals surface area contributed by atoms with Crippen LogP contribution in [0.25, 0.3) is 0 Å². The summed E-state index contributed by atoms with van der Waals surface area (Å²) in [4.78, 5) is 15.7. The van der Waals surface area contributed by atoms with E-state index in [0.717, 1.165) is 32.3 Å². The number of carbonyl (C=O) groups excluding carboxylic acids is 1. The van der Waals surface area contributed by atoms with Crippen LogP contribution in [0, 0.1) is 0 Å². The zero-order valence-corrected chi connectivity index (χ0v) is 12.3. The fourth-order valence-corrected chi connectivity index (χ4v) is 3.65. The number of benzene rings is 1. The molecule has 4 heteroatoms. The second kappa shape index (κ2) is 5.44. The molecule has 1 aromatic carbocycles. The summed E-state index contributed by atoms with van der Waals surface area (Å²) in [5.41, 5.74) is 3.94. The van der Waals surface area contributed by atoms with E-state index in [2.05, 4.69) is 47.3 Å². The molecule has 1 fully saturated rings. The minimum atomic E-state index is 0.475. The van der Waals surface area contributed by atoms with Crippen LogP contribution in [0.15, 0.2) is 18.2 Å². The Labute approximate surface area is 120 Å². The first-order valence-electron chi connectivity index (χ1n) is 7.53. The van der Waals surface area contributed by atoms with Gasteiger partial charge in [0.1, 0.15) is 6.29 Å². The predicted molar refractivity (Wildman–Crippen MR) is 82.8 cm³/mol. The lowest BCUT2D eigenvalue weighted by molar-refractivity contribution is -0.106. The van der Waals surface area contributed by atoms with Gasteiger partial charge in [-0.05, 0) is 31.5 Å². The molecule has 2 atom stereocenters. The van der Waals surface area contributed by atoms with E-state index in [1.54, 1.807) is 0 Å². The van der Waals surface area contributed by atoms with E-state index in [0.29, 0.717) is 18.5 Å². The molecule has 4 nitrogen and oxygen atoms in total. The molecule has 0 amide bonds. The van der Waals surface area contributed by atoms with Gasteiger partial charge in [-0.3, -0.25) is 0 Å². The Bertz CT molecular complexity index is 502. The van der Waals surface area contributed by atoms with Crippen molar-refractivity contribution in [1.82, 2.24) is 5.32 Å². The van der Waals surface area contributed by atoms with E-state index < -0.39 is 0 Å². The van der Waals surface area contributed by atoms with E-state index in [1.165, 1.54) is 16.9 Å². The zero-order chi connectivity index (χ0) is 14.1. The molecule has 2 aliphatic rings. The fourth-order valence-electron chi connectivity index (χ4n) is 3.65. The summed E-state index contributed by atoms with van der Waals surface area (Å²) >= 11 is 0. The Hall–Kier alpha value is -1.55. The van der Waals surface area contributed by atoms with Crippen LogP contribution < -0.4 is 15.1 Å². The van der Waals surface area contributed by atoms with Crippen molar-refractivity contribution in [3.8, 4) is 0 Å².